The van der Waals surface area contributed by atoms with Crippen molar-refractivity contribution in [3.05, 3.63) is 50.4 Å². The molecule has 2 rings (SSSR count). The standard InChI is InChI=1S/C16H20BrN3OS.ClH/c1-11(2-3-12-4-6-13(17)7-5-12)19-16(21)14-10-22-15(20-14)8-9-18;/h4-7,10-11H,2-3,8-9,18H2,1H3,(H,19,21);1H. The van der Waals surface area contributed by atoms with Gasteiger partial charge in [-0.05, 0) is 44.0 Å². The highest BCUT2D eigenvalue weighted by molar-refractivity contribution is 9.10. The van der Waals surface area contributed by atoms with Gasteiger partial charge in [0, 0.05) is 22.3 Å². The van der Waals surface area contributed by atoms with Crippen LogP contribution in [0.1, 0.15) is 34.4 Å². The van der Waals surface area contributed by atoms with E-state index in [0.29, 0.717) is 12.2 Å². The summed E-state index contributed by atoms with van der Waals surface area (Å²) in [6.07, 6.45) is 2.55. The van der Waals surface area contributed by atoms with Crippen LogP contribution in [0.2, 0.25) is 0 Å². The maximum absolute atomic E-state index is 12.1. The number of carbonyl (C=O) groups is 1. The van der Waals surface area contributed by atoms with Crippen LogP contribution in [-0.2, 0) is 12.8 Å². The van der Waals surface area contributed by atoms with Crippen molar-refractivity contribution in [1.29, 1.82) is 0 Å². The van der Waals surface area contributed by atoms with E-state index in [1.54, 1.807) is 5.38 Å². The minimum Gasteiger partial charge on any atom is -0.348 e. The van der Waals surface area contributed by atoms with Gasteiger partial charge in [-0.25, -0.2) is 4.98 Å². The molecule has 1 atom stereocenters. The Kier molecular flexibility index (Phi) is 8.76. The van der Waals surface area contributed by atoms with Gasteiger partial charge < -0.3 is 11.1 Å². The van der Waals surface area contributed by atoms with E-state index in [9.17, 15) is 4.79 Å². The molecule has 0 aliphatic heterocycles. The first-order chi connectivity index (χ1) is 10.6. The van der Waals surface area contributed by atoms with Crippen LogP contribution in [-0.4, -0.2) is 23.5 Å². The molecule has 7 heteroatoms. The van der Waals surface area contributed by atoms with Crippen LogP contribution in [0.5, 0.6) is 0 Å². The van der Waals surface area contributed by atoms with Crippen molar-refractivity contribution in [3.8, 4) is 0 Å². The molecule has 0 bridgehead atoms. The van der Waals surface area contributed by atoms with Gasteiger partial charge in [0.25, 0.3) is 5.91 Å². The number of amides is 1. The fraction of sp³-hybridized carbons (Fsp3) is 0.375. The number of nitrogens with two attached hydrogens (primary N) is 1. The lowest BCUT2D eigenvalue weighted by molar-refractivity contribution is 0.0934. The highest BCUT2D eigenvalue weighted by Crippen LogP contribution is 2.13. The van der Waals surface area contributed by atoms with Gasteiger partial charge in [0.2, 0.25) is 0 Å². The second-order valence-electron chi connectivity index (χ2n) is 5.20. The molecule has 4 nitrogen and oxygen atoms in total. The zero-order valence-corrected chi connectivity index (χ0v) is 16.1. The molecule has 0 aliphatic rings. The third-order valence-corrected chi connectivity index (χ3v) is 4.74. The SMILES string of the molecule is CC(CCc1ccc(Br)cc1)NC(=O)c1csc(CCN)n1.Cl. The summed E-state index contributed by atoms with van der Waals surface area (Å²) in [4.78, 5) is 16.4. The molecule has 0 radical (unpaired) electrons. The number of nitrogens with zero attached hydrogens (tertiary/aromatic N) is 1. The number of hydrogen-bond acceptors (Lipinski definition) is 4. The van der Waals surface area contributed by atoms with Crippen LogP contribution in [0, 0.1) is 0 Å². The monoisotopic (exact) mass is 417 g/mol. The van der Waals surface area contributed by atoms with Crippen LogP contribution in [0.25, 0.3) is 0 Å². The van der Waals surface area contributed by atoms with Gasteiger partial charge in [-0.2, -0.15) is 0 Å². The Balaban J connectivity index is 0.00000264. The summed E-state index contributed by atoms with van der Waals surface area (Å²) >= 11 is 4.91. The summed E-state index contributed by atoms with van der Waals surface area (Å²) in [6, 6.07) is 8.37. The van der Waals surface area contributed by atoms with E-state index < -0.39 is 0 Å². The Bertz CT molecular complexity index is 618. The predicted octanol–water partition coefficient (Wildman–Crippen LogP) is 3.58. The third-order valence-electron chi connectivity index (χ3n) is 3.30. The zero-order valence-electron chi connectivity index (χ0n) is 12.9. The van der Waals surface area contributed by atoms with Crippen molar-refractivity contribution in [2.75, 3.05) is 6.54 Å². The topological polar surface area (TPSA) is 68.0 Å². The molecule has 1 heterocycles. The van der Waals surface area contributed by atoms with Gasteiger partial charge in [-0.1, -0.05) is 28.1 Å². The summed E-state index contributed by atoms with van der Waals surface area (Å²) in [5.74, 6) is -0.108. The van der Waals surface area contributed by atoms with E-state index in [1.807, 2.05) is 19.1 Å². The lowest BCUT2D eigenvalue weighted by Crippen LogP contribution is -2.33. The Labute approximate surface area is 155 Å². The molecule has 1 amide bonds. The second-order valence-corrected chi connectivity index (χ2v) is 7.06. The van der Waals surface area contributed by atoms with Crippen molar-refractivity contribution < 1.29 is 4.79 Å². The number of aryl methyl sites for hydroxylation is 1. The Morgan fingerprint density at radius 1 is 1.35 bits per heavy atom. The van der Waals surface area contributed by atoms with E-state index in [-0.39, 0.29) is 24.4 Å². The largest absolute Gasteiger partial charge is 0.348 e. The Morgan fingerprint density at radius 2 is 2.04 bits per heavy atom. The number of benzene rings is 1. The molecule has 2 aromatic rings. The first-order valence-electron chi connectivity index (χ1n) is 7.28. The van der Waals surface area contributed by atoms with Gasteiger partial charge in [0.05, 0.1) is 5.01 Å². The lowest BCUT2D eigenvalue weighted by Gasteiger charge is -2.13. The number of halogens is 2. The first kappa shape index (κ1) is 20.1. The number of thiazole rings is 1. The normalized spacial score (nSPS) is 11.6. The van der Waals surface area contributed by atoms with Crippen molar-refractivity contribution >= 4 is 45.6 Å². The van der Waals surface area contributed by atoms with Crippen molar-refractivity contribution in [3.63, 3.8) is 0 Å². The summed E-state index contributed by atoms with van der Waals surface area (Å²) in [5.41, 5.74) is 7.25. The molecule has 1 aromatic carbocycles. The zero-order chi connectivity index (χ0) is 15.9. The maximum atomic E-state index is 12.1. The van der Waals surface area contributed by atoms with E-state index >= 15 is 0 Å². The first-order valence-corrected chi connectivity index (χ1v) is 8.95. The molecule has 0 fully saturated rings. The van der Waals surface area contributed by atoms with E-state index in [0.717, 1.165) is 28.7 Å². The van der Waals surface area contributed by atoms with E-state index in [1.165, 1.54) is 16.9 Å². The number of aromatic nitrogens is 1. The summed E-state index contributed by atoms with van der Waals surface area (Å²) < 4.78 is 1.08. The molecule has 126 valence electrons. The molecular weight excluding hydrogens is 398 g/mol. The van der Waals surface area contributed by atoms with Crippen molar-refractivity contribution in [2.45, 2.75) is 32.2 Å². The van der Waals surface area contributed by atoms with E-state index in [2.05, 4.69) is 38.4 Å². The van der Waals surface area contributed by atoms with Crippen molar-refractivity contribution in [1.82, 2.24) is 10.3 Å². The number of carbonyl (C=O) groups excluding carboxylic acids is 1. The van der Waals surface area contributed by atoms with Crippen LogP contribution in [0.4, 0.5) is 0 Å². The van der Waals surface area contributed by atoms with Crippen LogP contribution < -0.4 is 11.1 Å². The van der Waals surface area contributed by atoms with Gasteiger partial charge in [-0.3, -0.25) is 4.79 Å². The average molecular weight is 419 g/mol. The average Bonchev–Trinajstić information content (AvgIpc) is 2.96. The predicted molar refractivity (Wildman–Crippen MR) is 102 cm³/mol. The fourth-order valence-corrected chi connectivity index (χ4v) is 3.12. The third kappa shape index (κ3) is 6.59. The van der Waals surface area contributed by atoms with Gasteiger partial charge in [0.15, 0.2) is 0 Å². The minimum atomic E-state index is -0.108. The van der Waals surface area contributed by atoms with Crippen LogP contribution >= 0.6 is 39.7 Å². The number of rotatable bonds is 7. The quantitative estimate of drug-likeness (QED) is 0.722. The molecule has 23 heavy (non-hydrogen) atoms. The number of nitrogens with one attached hydrogen (secondary N) is 1. The van der Waals surface area contributed by atoms with Gasteiger partial charge in [0.1, 0.15) is 5.69 Å². The van der Waals surface area contributed by atoms with Crippen molar-refractivity contribution in [2.24, 2.45) is 5.73 Å². The van der Waals surface area contributed by atoms with Crippen LogP contribution in [0.15, 0.2) is 34.1 Å². The Morgan fingerprint density at radius 3 is 2.70 bits per heavy atom. The highest BCUT2D eigenvalue weighted by atomic mass is 79.9. The van der Waals surface area contributed by atoms with Gasteiger partial charge >= 0.3 is 0 Å². The molecule has 3 N–H and O–H groups in total. The number of hydrogen-bond donors (Lipinski definition) is 2. The lowest BCUT2D eigenvalue weighted by atomic mass is 10.1. The maximum Gasteiger partial charge on any atom is 0.270 e. The molecule has 0 saturated carbocycles. The highest BCUT2D eigenvalue weighted by Gasteiger charge is 2.13. The molecule has 0 spiro atoms. The van der Waals surface area contributed by atoms with Crippen LogP contribution in [0.3, 0.4) is 0 Å². The molecule has 0 saturated heterocycles. The second kappa shape index (κ2) is 10.0. The molecule has 1 aromatic heterocycles. The summed E-state index contributed by atoms with van der Waals surface area (Å²) in [5, 5.41) is 5.70. The summed E-state index contributed by atoms with van der Waals surface area (Å²) in [7, 11) is 0. The Hall–Kier alpha value is -0.950. The van der Waals surface area contributed by atoms with E-state index in [4.69, 9.17) is 5.73 Å². The van der Waals surface area contributed by atoms with Gasteiger partial charge in [-0.15, -0.1) is 23.7 Å². The fourth-order valence-electron chi connectivity index (χ4n) is 2.06. The molecule has 1 unspecified atom stereocenters. The molecular formula is C16H21BrClN3OS. The summed E-state index contributed by atoms with van der Waals surface area (Å²) in [6.45, 7) is 2.57. The minimum absolute atomic E-state index is 0. The molecule has 0 aliphatic carbocycles. The smallest absolute Gasteiger partial charge is 0.270 e.